The van der Waals surface area contributed by atoms with Crippen molar-refractivity contribution < 1.29 is 14.3 Å². The van der Waals surface area contributed by atoms with Crippen LogP contribution in [0.5, 0.6) is 5.75 Å². The average molecular weight is 204 g/mol. The Morgan fingerprint density at radius 3 is 3.07 bits per heavy atom. The fourth-order valence-electron chi connectivity index (χ4n) is 1.50. The van der Waals surface area contributed by atoms with E-state index < -0.39 is 0 Å². The first-order chi connectivity index (χ1) is 7.29. The molecule has 1 aromatic carbocycles. The number of benzene rings is 1. The summed E-state index contributed by atoms with van der Waals surface area (Å²) in [4.78, 5) is 11.1. The lowest BCUT2D eigenvalue weighted by Gasteiger charge is -2.20. The Labute approximate surface area is 88.3 Å². The first-order valence-electron chi connectivity index (χ1n) is 4.80. The molecule has 0 aliphatic carbocycles. The third-order valence-electron chi connectivity index (χ3n) is 2.28. The predicted octanol–water partition coefficient (Wildman–Crippen LogP) is 2.02. The lowest BCUT2D eigenvalue weighted by molar-refractivity contribution is -0.141. The Bertz CT molecular complexity index is 396. The standard InChI is InChI=1S/C12H12O3/c1-14-12(13)8-10-7-6-9-4-2-3-5-11(9)15-10/h2-7,10H,8H2,1H3. The number of hydrogen-bond donors (Lipinski definition) is 0. The topological polar surface area (TPSA) is 35.5 Å². The molecule has 1 aliphatic rings. The van der Waals surface area contributed by atoms with Gasteiger partial charge in [-0.25, -0.2) is 0 Å². The van der Waals surface area contributed by atoms with Gasteiger partial charge in [0.05, 0.1) is 13.5 Å². The summed E-state index contributed by atoms with van der Waals surface area (Å²) < 4.78 is 10.2. The van der Waals surface area contributed by atoms with Crippen LogP contribution in [0.1, 0.15) is 12.0 Å². The van der Waals surface area contributed by atoms with E-state index in [2.05, 4.69) is 4.74 Å². The predicted molar refractivity (Wildman–Crippen MR) is 56.5 cm³/mol. The summed E-state index contributed by atoms with van der Waals surface area (Å²) in [6, 6.07) is 7.73. The molecule has 78 valence electrons. The quantitative estimate of drug-likeness (QED) is 0.691. The molecular weight excluding hydrogens is 192 g/mol. The van der Waals surface area contributed by atoms with Crippen LogP contribution in [0.15, 0.2) is 30.3 Å². The van der Waals surface area contributed by atoms with Gasteiger partial charge in [0.15, 0.2) is 0 Å². The summed E-state index contributed by atoms with van der Waals surface area (Å²) in [7, 11) is 1.38. The highest BCUT2D eigenvalue weighted by Crippen LogP contribution is 2.26. The van der Waals surface area contributed by atoms with Crippen LogP contribution in [-0.4, -0.2) is 19.2 Å². The van der Waals surface area contributed by atoms with Crippen molar-refractivity contribution >= 4 is 12.0 Å². The molecule has 2 rings (SSSR count). The normalized spacial score (nSPS) is 17.8. The van der Waals surface area contributed by atoms with Crippen LogP contribution in [0, 0.1) is 0 Å². The van der Waals surface area contributed by atoms with E-state index in [4.69, 9.17) is 4.74 Å². The van der Waals surface area contributed by atoms with Gasteiger partial charge in [0, 0.05) is 5.56 Å². The van der Waals surface area contributed by atoms with E-state index in [1.54, 1.807) is 0 Å². The van der Waals surface area contributed by atoms with Gasteiger partial charge in [-0.2, -0.15) is 0 Å². The molecule has 0 bridgehead atoms. The first-order valence-corrected chi connectivity index (χ1v) is 4.80. The van der Waals surface area contributed by atoms with Gasteiger partial charge in [0.25, 0.3) is 0 Å². The minimum atomic E-state index is -0.260. The SMILES string of the molecule is COC(=O)CC1C=Cc2ccccc2O1. The highest BCUT2D eigenvalue weighted by atomic mass is 16.5. The number of carbonyl (C=O) groups excluding carboxylic acids is 1. The van der Waals surface area contributed by atoms with E-state index in [9.17, 15) is 4.79 Å². The summed E-state index contributed by atoms with van der Waals surface area (Å²) in [5, 5.41) is 0. The summed E-state index contributed by atoms with van der Waals surface area (Å²) in [6.45, 7) is 0. The van der Waals surface area contributed by atoms with Crippen LogP contribution >= 0.6 is 0 Å². The number of fused-ring (bicyclic) bond motifs is 1. The van der Waals surface area contributed by atoms with Crippen molar-refractivity contribution in [1.29, 1.82) is 0 Å². The van der Waals surface area contributed by atoms with Crippen molar-refractivity contribution in [3.05, 3.63) is 35.9 Å². The number of methoxy groups -OCH3 is 1. The van der Waals surface area contributed by atoms with Crippen molar-refractivity contribution in [1.82, 2.24) is 0 Å². The van der Waals surface area contributed by atoms with Gasteiger partial charge in [-0.3, -0.25) is 4.79 Å². The number of rotatable bonds is 2. The molecule has 3 heteroatoms. The molecule has 0 amide bonds. The summed E-state index contributed by atoms with van der Waals surface area (Å²) >= 11 is 0. The molecule has 1 aromatic rings. The molecule has 0 N–H and O–H groups in total. The second kappa shape index (κ2) is 4.17. The van der Waals surface area contributed by atoms with Crippen LogP contribution in [0.4, 0.5) is 0 Å². The number of esters is 1. The third kappa shape index (κ3) is 2.18. The Morgan fingerprint density at radius 2 is 2.27 bits per heavy atom. The number of carbonyl (C=O) groups is 1. The van der Waals surface area contributed by atoms with Crippen LogP contribution < -0.4 is 4.74 Å². The van der Waals surface area contributed by atoms with Crippen LogP contribution in [-0.2, 0) is 9.53 Å². The number of para-hydroxylation sites is 1. The fraction of sp³-hybridized carbons (Fsp3) is 0.250. The molecule has 0 saturated heterocycles. The minimum Gasteiger partial charge on any atom is -0.485 e. The van der Waals surface area contributed by atoms with E-state index >= 15 is 0 Å². The van der Waals surface area contributed by atoms with Gasteiger partial charge in [0.2, 0.25) is 0 Å². The molecule has 0 spiro atoms. The van der Waals surface area contributed by atoms with Crippen LogP contribution in [0.2, 0.25) is 0 Å². The maximum absolute atomic E-state index is 11.1. The first kappa shape index (κ1) is 9.77. The van der Waals surface area contributed by atoms with Crippen molar-refractivity contribution in [2.24, 2.45) is 0 Å². The fourth-order valence-corrected chi connectivity index (χ4v) is 1.50. The number of ether oxygens (including phenoxy) is 2. The van der Waals surface area contributed by atoms with Crippen molar-refractivity contribution in [3.63, 3.8) is 0 Å². The highest BCUT2D eigenvalue weighted by molar-refractivity contribution is 5.71. The van der Waals surface area contributed by atoms with E-state index in [-0.39, 0.29) is 18.5 Å². The Morgan fingerprint density at radius 1 is 1.47 bits per heavy atom. The van der Waals surface area contributed by atoms with E-state index in [1.165, 1.54) is 7.11 Å². The Balaban J connectivity index is 2.09. The maximum atomic E-state index is 11.1. The summed E-state index contributed by atoms with van der Waals surface area (Å²) in [6.07, 6.45) is 3.87. The van der Waals surface area contributed by atoms with Crippen molar-refractivity contribution in [2.75, 3.05) is 7.11 Å². The molecule has 0 radical (unpaired) electrons. The molecule has 3 nitrogen and oxygen atoms in total. The van der Waals surface area contributed by atoms with Crippen LogP contribution in [0.3, 0.4) is 0 Å². The highest BCUT2D eigenvalue weighted by Gasteiger charge is 2.17. The molecule has 1 aliphatic heterocycles. The molecular formula is C12H12O3. The zero-order valence-electron chi connectivity index (χ0n) is 8.47. The third-order valence-corrected chi connectivity index (χ3v) is 2.28. The average Bonchev–Trinajstić information content (AvgIpc) is 2.29. The van der Waals surface area contributed by atoms with Gasteiger partial charge in [-0.15, -0.1) is 0 Å². The molecule has 1 unspecified atom stereocenters. The largest absolute Gasteiger partial charge is 0.485 e. The zero-order chi connectivity index (χ0) is 10.7. The van der Waals surface area contributed by atoms with Crippen molar-refractivity contribution in [3.8, 4) is 5.75 Å². The minimum absolute atomic E-state index is 0.215. The summed E-state index contributed by atoms with van der Waals surface area (Å²) in [5.41, 5.74) is 1.04. The smallest absolute Gasteiger partial charge is 0.309 e. The zero-order valence-corrected chi connectivity index (χ0v) is 8.47. The molecule has 0 saturated carbocycles. The second-order valence-electron chi connectivity index (χ2n) is 3.33. The lowest BCUT2D eigenvalue weighted by atomic mass is 10.1. The van der Waals surface area contributed by atoms with E-state index in [0.717, 1.165) is 11.3 Å². The molecule has 0 fully saturated rings. The Hall–Kier alpha value is -1.77. The van der Waals surface area contributed by atoms with Gasteiger partial charge in [-0.1, -0.05) is 24.3 Å². The van der Waals surface area contributed by atoms with E-state index in [0.29, 0.717) is 0 Å². The van der Waals surface area contributed by atoms with Crippen molar-refractivity contribution in [2.45, 2.75) is 12.5 Å². The van der Waals surface area contributed by atoms with Gasteiger partial charge >= 0.3 is 5.97 Å². The van der Waals surface area contributed by atoms with Gasteiger partial charge < -0.3 is 9.47 Å². The maximum Gasteiger partial charge on any atom is 0.309 e. The second-order valence-corrected chi connectivity index (χ2v) is 3.33. The molecule has 0 aromatic heterocycles. The molecule has 15 heavy (non-hydrogen) atoms. The number of hydrogen-bond acceptors (Lipinski definition) is 3. The van der Waals surface area contributed by atoms with E-state index in [1.807, 2.05) is 36.4 Å². The molecule has 1 heterocycles. The van der Waals surface area contributed by atoms with Gasteiger partial charge in [0.1, 0.15) is 11.9 Å². The summed E-state index contributed by atoms with van der Waals surface area (Å²) in [5.74, 6) is 0.554. The lowest BCUT2D eigenvalue weighted by Crippen LogP contribution is -2.21. The van der Waals surface area contributed by atoms with Gasteiger partial charge in [-0.05, 0) is 12.1 Å². The molecule has 1 atom stereocenters. The monoisotopic (exact) mass is 204 g/mol. The Kier molecular flexibility index (Phi) is 2.72. The van der Waals surface area contributed by atoms with Crippen LogP contribution in [0.25, 0.3) is 6.08 Å².